The Labute approximate surface area is 182 Å². The molecule has 1 aliphatic rings. The third kappa shape index (κ3) is 3.54. The van der Waals surface area contributed by atoms with Crippen molar-refractivity contribution in [3.8, 4) is 0 Å². The molecule has 0 saturated carbocycles. The summed E-state index contributed by atoms with van der Waals surface area (Å²) in [5.41, 5.74) is 4.58. The lowest BCUT2D eigenvalue weighted by Gasteiger charge is -2.40. The van der Waals surface area contributed by atoms with E-state index in [0.29, 0.717) is 23.4 Å². The van der Waals surface area contributed by atoms with Crippen LogP contribution in [-0.4, -0.2) is 6.61 Å². The Kier molecular flexibility index (Phi) is 5.97. The van der Waals surface area contributed by atoms with E-state index < -0.39 is 7.52 Å². The van der Waals surface area contributed by atoms with Gasteiger partial charge in [0.05, 0.1) is 17.6 Å². The van der Waals surface area contributed by atoms with Gasteiger partial charge in [0.2, 0.25) is 0 Å². The molecule has 3 nitrogen and oxygen atoms in total. The maximum atomic E-state index is 14.7. The van der Waals surface area contributed by atoms with Gasteiger partial charge < -0.3 is 4.52 Å². The van der Waals surface area contributed by atoms with Crippen LogP contribution in [0.2, 0.25) is 5.02 Å². The third-order valence-electron chi connectivity index (χ3n) is 5.05. The summed E-state index contributed by atoms with van der Waals surface area (Å²) in [5, 5.41) is 1.15. The van der Waals surface area contributed by atoms with Crippen molar-refractivity contribution in [3.63, 3.8) is 0 Å². The summed E-state index contributed by atoms with van der Waals surface area (Å²) in [7, 11) is -3.49. The number of allylic oxidation sites excluding steroid dienone is 2. The van der Waals surface area contributed by atoms with E-state index >= 15 is 0 Å². The van der Waals surface area contributed by atoms with Crippen LogP contribution in [0, 0.1) is 0 Å². The number of hydrogen-bond acceptors (Lipinski definition) is 2. The summed E-state index contributed by atoms with van der Waals surface area (Å²) < 4.78 is 22.6. The van der Waals surface area contributed by atoms with Crippen molar-refractivity contribution in [2.24, 2.45) is 0 Å². The first-order valence-electron chi connectivity index (χ1n) is 9.90. The van der Waals surface area contributed by atoms with Crippen LogP contribution in [0.5, 0.6) is 0 Å². The zero-order valence-corrected chi connectivity index (χ0v) is 18.4. The molecule has 1 atom stereocenters. The molecule has 0 aliphatic carbocycles. The minimum atomic E-state index is -3.49. The Balaban J connectivity index is 2.14. The van der Waals surface area contributed by atoms with Crippen LogP contribution in [0.3, 0.4) is 0 Å². The second kappa shape index (κ2) is 8.65. The van der Waals surface area contributed by atoms with Gasteiger partial charge in [0, 0.05) is 10.7 Å². The van der Waals surface area contributed by atoms with E-state index in [1.54, 1.807) is 6.07 Å². The average Bonchev–Trinajstić information content (AvgIpc) is 2.77. The van der Waals surface area contributed by atoms with Crippen LogP contribution in [0.25, 0.3) is 11.3 Å². The molecule has 0 aromatic heterocycles. The highest BCUT2D eigenvalue weighted by atomic mass is 35.5. The van der Waals surface area contributed by atoms with Crippen molar-refractivity contribution in [2.45, 2.75) is 13.3 Å². The maximum Gasteiger partial charge on any atom is 0.331 e. The zero-order valence-electron chi connectivity index (χ0n) is 16.8. The summed E-state index contributed by atoms with van der Waals surface area (Å²) in [6, 6.07) is 25.3. The molecule has 0 fully saturated rings. The van der Waals surface area contributed by atoms with E-state index in [9.17, 15) is 4.57 Å². The number of rotatable bonds is 6. The van der Waals surface area contributed by atoms with Crippen LogP contribution in [0.4, 0.5) is 5.69 Å². The molecule has 0 radical (unpaired) electrons. The molecule has 0 spiro atoms. The summed E-state index contributed by atoms with van der Waals surface area (Å²) in [5.74, 6) is 0. The smallest absolute Gasteiger partial charge is 0.310 e. The standard InChI is InChI=1S/C25H23ClNO2P/c1-3-11-23-22-17-16-20(26)18-24(22)30(28,29-4-2)27(21-14-9-6-10-15-21)25(23)19-12-7-5-8-13-19/h3,5-10,12-18H,1,4,11H2,2H3. The van der Waals surface area contributed by atoms with E-state index in [1.165, 1.54) is 0 Å². The zero-order chi connectivity index (χ0) is 21.1. The lowest BCUT2D eigenvalue weighted by molar-refractivity contribution is 0.340. The van der Waals surface area contributed by atoms with Gasteiger partial charge >= 0.3 is 7.52 Å². The number of benzene rings is 3. The highest BCUT2D eigenvalue weighted by Gasteiger charge is 2.44. The normalized spacial score (nSPS) is 18.3. The quantitative estimate of drug-likeness (QED) is 0.304. The fourth-order valence-electron chi connectivity index (χ4n) is 3.88. The Morgan fingerprint density at radius 2 is 1.70 bits per heavy atom. The fourth-order valence-corrected chi connectivity index (χ4v) is 6.71. The molecule has 4 rings (SSSR count). The van der Waals surface area contributed by atoms with Crippen LogP contribution in [0.1, 0.15) is 24.5 Å². The predicted molar refractivity (Wildman–Crippen MR) is 127 cm³/mol. The average molecular weight is 436 g/mol. The molecule has 0 bridgehead atoms. The molecule has 1 heterocycles. The number of hydrogen-bond donors (Lipinski definition) is 0. The van der Waals surface area contributed by atoms with Crippen LogP contribution >= 0.6 is 19.1 Å². The molecule has 152 valence electrons. The second-order valence-corrected chi connectivity index (χ2v) is 9.55. The third-order valence-corrected chi connectivity index (χ3v) is 7.83. The first kappa shape index (κ1) is 20.7. The van der Waals surface area contributed by atoms with Crippen LogP contribution < -0.4 is 9.97 Å². The molecule has 5 heteroatoms. The maximum absolute atomic E-state index is 14.7. The molecule has 0 saturated heterocycles. The van der Waals surface area contributed by atoms with Gasteiger partial charge in [-0.05, 0) is 54.3 Å². The number of fused-ring (bicyclic) bond motifs is 1. The largest absolute Gasteiger partial charge is 0.331 e. The minimum Gasteiger partial charge on any atom is -0.310 e. The van der Waals surface area contributed by atoms with Crippen molar-refractivity contribution in [1.29, 1.82) is 0 Å². The van der Waals surface area contributed by atoms with Gasteiger partial charge in [-0.15, -0.1) is 6.58 Å². The summed E-state index contributed by atoms with van der Waals surface area (Å²) >= 11 is 6.34. The molecule has 30 heavy (non-hydrogen) atoms. The van der Waals surface area contributed by atoms with Crippen molar-refractivity contribution in [3.05, 3.63) is 108 Å². The van der Waals surface area contributed by atoms with Gasteiger partial charge in [0.1, 0.15) is 0 Å². The molecular weight excluding hydrogens is 413 g/mol. The SMILES string of the molecule is C=CCC1=C(c2ccccc2)N(c2ccccc2)P(=O)(OCC)c2cc(Cl)ccc21. The van der Waals surface area contributed by atoms with E-state index in [0.717, 1.165) is 28.1 Å². The summed E-state index contributed by atoms with van der Waals surface area (Å²) in [6.07, 6.45) is 2.49. The van der Waals surface area contributed by atoms with E-state index in [1.807, 2.05) is 90.5 Å². The molecule has 1 unspecified atom stereocenters. The molecule has 1 aliphatic heterocycles. The van der Waals surface area contributed by atoms with Crippen molar-refractivity contribution in [1.82, 2.24) is 0 Å². The molecule has 3 aromatic carbocycles. The fraction of sp³-hybridized carbons (Fsp3) is 0.120. The van der Waals surface area contributed by atoms with Gasteiger partial charge in [-0.3, -0.25) is 9.24 Å². The van der Waals surface area contributed by atoms with Crippen LogP contribution in [-0.2, 0) is 9.09 Å². The van der Waals surface area contributed by atoms with Crippen molar-refractivity contribution >= 4 is 41.4 Å². The molecular formula is C25H23ClNO2P. The topological polar surface area (TPSA) is 29.5 Å². The van der Waals surface area contributed by atoms with Crippen molar-refractivity contribution < 1.29 is 9.09 Å². The number of anilines is 1. The summed E-state index contributed by atoms with van der Waals surface area (Å²) in [4.78, 5) is 0. The van der Waals surface area contributed by atoms with Gasteiger partial charge in [-0.25, -0.2) is 0 Å². The first-order valence-corrected chi connectivity index (χ1v) is 11.9. The molecule has 0 amide bonds. The molecule has 3 aromatic rings. The number of halogens is 1. The highest BCUT2D eigenvalue weighted by Crippen LogP contribution is 2.61. The Morgan fingerprint density at radius 1 is 1.03 bits per heavy atom. The second-order valence-electron chi connectivity index (χ2n) is 6.93. The van der Waals surface area contributed by atoms with E-state index in [4.69, 9.17) is 16.1 Å². The lowest BCUT2D eigenvalue weighted by atomic mass is 9.96. The number of para-hydroxylation sites is 1. The van der Waals surface area contributed by atoms with Gasteiger partial charge in [-0.1, -0.05) is 72.3 Å². The van der Waals surface area contributed by atoms with E-state index in [-0.39, 0.29) is 0 Å². The minimum absolute atomic E-state index is 0.311. The molecule has 0 N–H and O–H groups in total. The van der Waals surface area contributed by atoms with Gasteiger partial charge in [0.25, 0.3) is 0 Å². The number of nitrogens with zero attached hydrogens (tertiary/aromatic N) is 1. The van der Waals surface area contributed by atoms with E-state index in [2.05, 4.69) is 6.58 Å². The Bertz CT molecular complexity index is 1140. The van der Waals surface area contributed by atoms with Crippen LogP contribution in [0.15, 0.2) is 91.5 Å². The highest BCUT2D eigenvalue weighted by molar-refractivity contribution is 7.69. The van der Waals surface area contributed by atoms with Gasteiger partial charge in [0.15, 0.2) is 0 Å². The lowest BCUT2D eigenvalue weighted by Crippen LogP contribution is -2.33. The summed E-state index contributed by atoms with van der Waals surface area (Å²) in [6.45, 7) is 6.14. The van der Waals surface area contributed by atoms with Gasteiger partial charge in [-0.2, -0.15) is 0 Å². The monoisotopic (exact) mass is 435 g/mol. The van der Waals surface area contributed by atoms with Crippen molar-refractivity contribution in [2.75, 3.05) is 11.3 Å². The Morgan fingerprint density at radius 3 is 2.33 bits per heavy atom. The predicted octanol–water partition coefficient (Wildman–Crippen LogP) is 7.16. The Hall–Kier alpha value is -2.58. The first-order chi connectivity index (χ1) is 14.6.